The monoisotopic (exact) mass is 360 g/mol. The van der Waals surface area contributed by atoms with Crippen LogP contribution in [0.5, 0.6) is 11.5 Å². The fourth-order valence-corrected chi connectivity index (χ4v) is 2.57. The van der Waals surface area contributed by atoms with Crippen molar-refractivity contribution in [2.75, 3.05) is 0 Å². The molecule has 0 aliphatic rings. The van der Waals surface area contributed by atoms with E-state index in [2.05, 4.69) is 4.74 Å². The lowest BCUT2D eigenvalue weighted by molar-refractivity contribution is -0.0499. The van der Waals surface area contributed by atoms with Crippen molar-refractivity contribution in [2.24, 2.45) is 0 Å². The molecule has 0 fully saturated rings. The molecule has 0 unspecified atom stereocenters. The van der Waals surface area contributed by atoms with Gasteiger partial charge in [-0.25, -0.2) is 9.59 Å². The summed E-state index contributed by atoms with van der Waals surface area (Å²) >= 11 is 0. The number of aryl methyl sites for hydroxylation is 2. The molecule has 0 N–H and O–H groups in total. The Morgan fingerprint density at radius 3 is 2.62 bits per heavy atom. The third kappa shape index (κ3) is 3.56. The predicted octanol–water partition coefficient (Wildman–Crippen LogP) is 4.23. The standard InChI is InChI=1S/C19H14F2O5/c1-10-8-16(22)26-17-11(2)15(7-6-14(10)17)25-18(23)12-4-3-5-13(9-12)24-19(20)21/h3-9,19H,1-2H3. The van der Waals surface area contributed by atoms with Crippen molar-refractivity contribution in [3.05, 3.63) is 69.6 Å². The zero-order valence-electron chi connectivity index (χ0n) is 13.9. The van der Waals surface area contributed by atoms with Gasteiger partial charge >= 0.3 is 18.2 Å². The number of hydrogen-bond acceptors (Lipinski definition) is 5. The van der Waals surface area contributed by atoms with Gasteiger partial charge in [0.2, 0.25) is 0 Å². The molecule has 3 aromatic rings. The van der Waals surface area contributed by atoms with Gasteiger partial charge in [0.05, 0.1) is 5.56 Å². The first kappa shape index (κ1) is 17.6. The fourth-order valence-electron chi connectivity index (χ4n) is 2.57. The van der Waals surface area contributed by atoms with Gasteiger partial charge in [-0.3, -0.25) is 0 Å². The number of alkyl halides is 2. The highest BCUT2D eigenvalue weighted by Crippen LogP contribution is 2.29. The first-order valence-electron chi connectivity index (χ1n) is 7.66. The molecular formula is C19H14F2O5. The summed E-state index contributed by atoms with van der Waals surface area (Å²) in [7, 11) is 0. The van der Waals surface area contributed by atoms with Gasteiger partial charge in [0.25, 0.3) is 0 Å². The lowest BCUT2D eigenvalue weighted by Crippen LogP contribution is -2.10. The maximum absolute atomic E-state index is 12.3. The number of benzene rings is 2. The van der Waals surface area contributed by atoms with Gasteiger partial charge in [0.15, 0.2) is 0 Å². The Hall–Kier alpha value is -3.22. The molecule has 0 aliphatic carbocycles. The van der Waals surface area contributed by atoms with Crippen molar-refractivity contribution in [3.63, 3.8) is 0 Å². The molecule has 3 rings (SSSR count). The Bertz CT molecular complexity index is 1040. The summed E-state index contributed by atoms with van der Waals surface area (Å²) in [6, 6.07) is 9.94. The van der Waals surface area contributed by atoms with Crippen LogP contribution in [0.15, 0.2) is 51.7 Å². The van der Waals surface area contributed by atoms with E-state index in [4.69, 9.17) is 9.15 Å². The van der Waals surface area contributed by atoms with Crippen molar-refractivity contribution in [1.29, 1.82) is 0 Å². The quantitative estimate of drug-likeness (QED) is 0.396. The summed E-state index contributed by atoms with van der Waals surface area (Å²) in [5.74, 6) is -0.690. The number of ether oxygens (including phenoxy) is 2. The number of fused-ring (bicyclic) bond motifs is 1. The fraction of sp³-hybridized carbons (Fsp3) is 0.158. The molecule has 0 atom stereocenters. The van der Waals surface area contributed by atoms with Gasteiger partial charge in [-0.1, -0.05) is 6.07 Å². The Labute approximate surface area is 146 Å². The van der Waals surface area contributed by atoms with Crippen LogP contribution >= 0.6 is 0 Å². The number of rotatable bonds is 4. The first-order chi connectivity index (χ1) is 12.3. The summed E-state index contributed by atoms with van der Waals surface area (Å²) in [5, 5.41) is 0.731. The zero-order valence-corrected chi connectivity index (χ0v) is 13.9. The largest absolute Gasteiger partial charge is 0.435 e. The average molecular weight is 360 g/mol. The summed E-state index contributed by atoms with van der Waals surface area (Å²) in [6.45, 7) is 0.442. The smallest absolute Gasteiger partial charge is 0.387 e. The van der Waals surface area contributed by atoms with E-state index >= 15 is 0 Å². The number of halogens is 2. The number of carbonyl (C=O) groups is 1. The molecule has 2 aromatic carbocycles. The highest BCUT2D eigenvalue weighted by atomic mass is 19.3. The van der Waals surface area contributed by atoms with Gasteiger partial charge in [0.1, 0.15) is 17.1 Å². The van der Waals surface area contributed by atoms with E-state index in [-0.39, 0.29) is 17.1 Å². The minimum Gasteiger partial charge on any atom is -0.435 e. The normalized spacial score (nSPS) is 11.0. The van der Waals surface area contributed by atoms with E-state index in [1.54, 1.807) is 26.0 Å². The van der Waals surface area contributed by atoms with Crippen LogP contribution in [0.2, 0.25) is 0 Å². The van der Waals surface area contributed by atoms with E-state index in [1.165, 1.54) is 24.3 Å². The van der Waals surface area contributed by atoms with Gasteiger partial charge in [0, 0.05) is 17.0 Å². The van der Waals surface area contributed by atoms with Crippen LogP contribution in [0.4, 0.5) is 8.78 Å². The third-order valence-electron chi connectivity index (χ3n) is 3.82. The topological polar surface area (TPSA) is 65.7 Å². The molecular weight excluding hydrogens is 346 g/mol. The van der Waals surface area contributed by atoms with Crippen molar-refractivity contribution >= 4 is 16.9 Å². The molecule has 5 nitrogen and oxygen atoms in total. The van der Waals surface area contributed by atoms with E-state index < -0.39 is 18.2 Å². The second-order valence-electron chi connectivity index (χ2n) is 5.61. The van der Waals surface area contributed by atoms with E-state index in [9.17, 15) is 18.4 Å². The van der Waals surface area contributed by atoms with Crippen molar-refractivity contribution in [2.45, 2.75) is 20.5 Å². The van der Waals surface area contributed by atoms with Crippen LogP contribution in [0.25, 0.3) is 11.0 Å². The maximum atomic E-state index is 12.3. The maximum Gasteiger partial charge on any atom is 0.387 e. The Morgan fingerprint density at radius 1 is 1.12 bits per heavy atom. The molecule has 0 aliphatic heterocycles. The van der Waals surface area contributed by atoms with Crippen LogP contribution in [0.3, 0.4) is 0 Å². The molecule has 26 heavy (non-hydrogen) atoms. The third-order valence-corrected chi connectivity index (χ3v) is 3.82. The summed E-state index contributed by atoms with van der Waals surface area (Å²) in [6.07, 6.45) is 0. The summed E-state index contributed by atoms with van der Waals surface area (Å²) in [5.41, 5.74) is 1.10. The minimum atomic E-state index is -2.99. The van der Waals surface area contributed by atoms with Crippen molar-refractivity contribution in [3.8, 4) is 11.5 Å². The second kappa shape index (κ2) is 6.95. The molecule has 134 valence electrons. The van der Waals surface area contributed by atoms with E-state index in [1.807, 2.05) is 0 Å². The van der Waals surface area contributed by atoms with Crippen LogP contribution in [-0.4, -0.2) is 12.6 Å². The van der Waals surface area contributed by atoms with Crippen molar-refractivity contribution in [1.82, 2.24) is 0 Å². The minimum absolute atomic E-state index is 0.0494. The lowest BCUT2D eigenvalue weighted by atomic mass is 10.1. The molecule has 1 heterocycles. The molecule has 0 saturated carbocycles. The van der Waals surface area contributed by atoms with Gasteiger partial charge < -0.3 is 13.9 Å². The van der Waals surface area contributed by atoms with Gasteiger partial charge in [-0.05, 0) is 49.7 Å². The molecule has 0 amide bonds. The van der Waals surface area contributed by atoms with Crippen LogP contribution in [-0.2, 0) is 0 Å². The number of hydrogen-bond donors (Lipinski definition) is 0. The first-order valence-corrected chi connectivity index (χ1v) is 7.66. The molecule has 7 heteroatoms. The highest BCUT2D eigenvalue weighted by Gasteiger charge is 2.15. The number of esters is 1. The van der Waals surface area contributed by atoms with Crippen LogP contribution in [0, 0.1) is 13.8 Å². The van der Waals surface area contributed by atoms with Crippen molar-refractivity contribution < 1.29 is 27.5 Å². The number of carbonyl (C=O) groups excluding carboxylic acids is 1. The molecule has 0 bridgehead atoms. The highest BCUT2D eigenvalue weighted by molar-refractivity contribution is 5.93. The summed E-state index contributed by atoms with van der Waals surface area (Å²) < 4.78 is 39.4. The predicted molar refractivity (Wildman–Crippen MR) is 90.0 cm³/mol. The van der Waals surface area contributed by atoms with Crippen LogP contribution < -0.4 is 15.1 Å². The second-order valence-corrected chi connectivity index (χ2v) is 5.61. The molecule has 0 saturated heterocycles. The Kier molecular flexibility index (Phi) is 4.71. The molecule has 0 spiro atoms. The van der Waals surface area contributed by atoms with E-state index in [0.29, 0.717) is 11.1 Å². The molecule has 0 radical (unpaired) electrons. The van der Waals surface area contributed by atoms with Gasteiger partial charge in [-0.15, -0.1) is 0 Å². The average Bonchev–Trinajstić information content (AvgIpc) is 2.57. The summed E-state index contributed by atoms with van der Waals surface area (Å²) in [4.78, 5) is 23.9. The zero-order chi connectivity index (χ0) is 18.8. The van der Waals surface area contributed by atoms with E-state index in [0.717, 1.165) is 17.0 Å². The SMILES string of the molecule is Cc1cc(=O)oc2c(C)c(OC(=O)c3cccc(OC(F)F)c3)ccc12. The Balaban J connectivity index is 1.93. The van der Waals surface area contributed by atoms with Gasteiger partial charge in [-0.2, -0.15) is 8.78 Å². The lowest BCUT2D eigenvalue weighted by Gasteiger charge is -2.11. The molecule has 1 aromatic heterocycles. The van der Waals surface area contributed by atoms with Crippen LogP contribution in [0.1, 0.15) is 21.5 Å². The Morgan fingerprint density at radius 2 is 1.88 bits per heavy atom.